The second kappa shape index (κ2) is 4.67. The predicted octanol–water partition coefficient (Wildman–Crippen LogP) is 2.78. The van der Waals surface area contributed by atoms with Crippen LogP contribution >= 0.6 is 0 Å². The highest BCUT2D eigenvalue weighted by Gasteiger charge is 2.45. The molecule has 0 amide bonds. The second-order valence-electron chi connectivity index (χ2n) is 5.49. The van der Waals surface area contributed by atoms with Crippen molar-refractivity contribution in [2.75, 3.05) is 0 Å². The second-order valence-corrected chi connectivity index (χ2v) is 5.49. The number of nitrogens with two attached hydrogens (primary N) is 1. The van der Waals surface area contributed by atoms with Gasteiger partial charge in [0.2, 0.25) is 0 Å². The molecule has 1 aliphatic rings. The minimum atomic E-state index is 0.200. The molecule has 0 bridgehead atoms. The molecule has 3 N–H and O–H groups in total. The van der Waals surface area contributed by atoms with E-state index in [1.54, 1.807) is 0 Å². The molecular weight excluding hydrogens is 212 g/mol. The van der Waals surface area contributed by atoms with Crippen LogP contribution in [0.3, 0.4) is 0 Å². The van der Waals surface area contributed by atoms with Gasteiger partial charge in [-0.15, -0.1) is 0 Å². The molecule has 1 fully saturated rings. The summed E-state index contributed by atoms with van der Waals surface area (Å²) in [5.74, 6) is 6.61. The molecule has 0 heterocycles. The Labute approximate surface area is 103 Å². The molecule has 3 nitrogen and oxygen atoms in total. The lowest BCUT2D eigenvalue weighted by atomic mass is 9.92. The summed E-state index contributed by atoms with van der Waals surface area (Å²) in [6.07, 6.45) is 2.67. The summed E-state index contributed by atoms with van der Waals surface area (Å²) < 4.78 is 5.71. The molecule has 1 saturated carbocycles. The van der Waals surface area contributed by atoms with Gasteiger partial charge in [-0.05, 0) is 49.8 Å². The van der Waals surface area contributed by atoms with Gasteiger partial charge in [-0.2, -0.15) is 0 Å². The summed E-state index contributed by atoms with van der Waals surface area (Å²) in [6.45, 7) is 6.34. The van der Waals surface area contributed by atoms with Crippen molar-refractivity contribution in [2.24, 2.45) is 11.3 Å². The van der Waals surface area contributed by atoms with Crippen molar-refractivity contribution in [3.8, 4) is 5.75 Å². The zero-order valence-corrected chi connectivity index (χ0v) is 10.9. The third kappa shape index (κ3) is 2.79. The molecule has 94 valence electrons. The Hall–Kier alpha value is -1.06. The highest BCUT2D eigenvalue weighted by molar-refractivity contribution is 5.32. The first kappa shape index (κ1) is 12.4. The van der Waals surface area contributed by atoms with Gasteiger partial charge in [-0.25, -0.2) is 0 Å². The van der Waals surface area contributed by atoms with E-state index >= 15 is 0 Å². The van der Waals surface area contributed by atoms with Crippen molar-refractivity contribution >= 4 is 0 Å². The van der Waals surface area contributed by atoms with E-state index < -0.39 is 0 Å². The molecule has 2 rings (SSSR count). The van der Waals surface area contributed by atoms with E-state index in [4.69, 9.17) is 10.6 Å². The van der Waals surface area contributed by atoms with Crippen LogP contribution in [0.5, 0.6) is 5.75 Å². The van der Waals surface area contributed by atoms with E-state index in [2.05, 4.69) is 24.5 Å². The normalized spacial score (nSPS) is 19.1. The zero-order chi connectivity index (χ0) is 12.5. The van der Waals surface area contributed by atoms with Crippen LogP contribution in [0.2, 0.25) is 0 Å². The number of hydrogen-bond donors (Lipinski definition) is 2. The van der Waals surface area contributed by atoms with E-state index in [1.165, 1.54) is 18.4 Å². The summed E-state index contributed by atoms with van der Waals surface area (Å²) in [6, 6.07) is 8.45. The lowest BCUT2D eigenvalue weighted by Gasteiger charge is -2.23. The minimum Gasteiger partial charge on any atom is -0.491 e. The van der Waals surface area contributed by atoms with Gasteiger partial charge >= 0.3 is 0 Å². The van der Waals surface area contributed by atoms with Gasteiger partial charge in [-0.1, -0.05) is 19.1 Å². The largest absolute Gasteiger partial charge is 0.491 e. The van der Waals surface area contributed by atoms with Crippen LogP contribution in [0, 0.1) is 5.41 Å². The Kier molecular flexibility index (Phi) is 3.40. The average Bonchev–Trinajstić information content (AvgIpc) is 2.97. The molecule has 0 radical (unpaired) electrons. The Morgan fingerprint density at radius 2 is 2.06 bits per heavy atom. The Morgan fingerprint density at radius 3 is 2.59 bits per heavy atom. The van der Waals surface area contributed by atoms with Crippen molar-refractivity contribution in [1.29, 1.82) is 0 Å². The summed E-state index contributed by atoms with van der Waals surface area (Å²) in [7, 11) is 0. The van der Waals surface area contributed by atoms with Crippen molar-refractivity contribution in [2.45, 2.75) is 45.8 Å². The van der Waals surface area contributed by atoms with Crippen molar-refractivity contribution in [1.82, 2.24) is 5.43 Å². The molecule has 0 saturated heterocycles. The fraction of sp³-hybridized carbons (Fsp3) is 0.571. The number of nitrogens with one attached hydrogen (secondary N) is 1. The third-order valence-corrected chi connectivity index (χ3v) is 3.47. The Morgan fingerprint density at radius 1 is 1.35 bits per heavy atom. The first-order valence-electron chi connectivity index (χ1n) is 6.28. The van der Waals surface area contributed by atoms with Crippen LogP contribution in [-0.4, -0.2) is 6.10 Å². The number of rotatable bonds is 5. The fourth-order valence-electron chi connectivity index (χ4n) is 2.23. The zero-order valence-electron chi connectivity index (χ0n) is 10.9. The molecular formula is C14H22N2O. The number of hydrogen-bond acceptors (Lipinski definition) is 3. The highest BCUT2D eigenvalue weighted by Crippen LogP contribution is 2.54. The maximum atomic E-state index is 5.71. The molecule has 1 unspecified atom stereocenters. The van der Waals surface area contributed by atoms with Gasteiger partial charge in [0.05, 0.1) is 12.1 Å². The number of hydrazine groups is 1. The molecule has 1 aliphatic carbocycles. The summed E-state index contributed by atoms with van der Waals surface area (Å²) >= 11 is 0. The summed E-state index contributed by atoms with van der Waals surface area (Å²) in [4.78, 5) is 0. The molecule has 1 atom stereocenters. The summed E-state index contributed by atoms with van der Waals surface area (Å²) in [5.41, 5.74) is 4.47. The molecule has 1 aromatic carbocycles. The van der Waals surface area contributed by atoms with Crippen LogP contribution in [0.1, 0.15) is 45.2 Å². The van der Waals surface area contributed by atoms with E-state index in [-0.39, 0.29) is 12.1 Å². The average molecular weight is 234 g/mol. The smallest absolute Gasteiger partial charge is 0.120 e. The van der Waals surface area contributed by atoms with Crippen LogP contribution in [0.4, 0.5) is 0 Å². The number of benzene rings is 1. The van der Waals surface area contributed by atoms with Crippen LogP contribution in [-0.2, 0) is 0 Å². The Balaban J connectivity index is 2.19. The monoisotopic (exact) mass is 234 g/mol. The predicted molar refractivity (Wildman–Crippen MR) is 69.6 cm³/mol. The van der Waals surface area contributed by atoms with Crippen LogP contribution in [0.15, 0.2) is 24.3 Å². The van der Waals surface area contributed by atoms with Gasteiger partial charge in [-0.3, -0.25) is 11.3 Å². The maximum absolute atomic E-state index is 5.71. The van der Waals surface area contributed by atoms with Gasteiger partial charge in [0.15, 0.2) is 0 Å². The first-order chi connectivity index (χ1) is 8.05. The van der Waals surface area contributed by atoms with E-state index in [0.29, 0.717) is 5.41 Å². The summed E-state index contributed by atoms with van der Waals surface area (Å²) in [5, 5.41) is 0. The van der Waals surface area contributed by atoms with Crippen LogP contribution < -0.4 is 16.0 Å². The molecule has 3 heteroatoms. The van der Waals surface area contributed by atoms with Crippen LogP contribution in [0.25, 0.3) is 0 Å². The quantitative estimate of drug-likeness (QED) is 0.608. The maximum Gasteiger partial charge on any atom is 0.120 e. The topological polar surface area (TPSA) is 47.3 Å². The van der Waals surface area contributed by atoms with E-state index in [0.717, 1.165) is 5.75 Å². The van der Waals surface area contributed by atoms with Gasteiger partial charge in [0.1, 0.15) is 5.75 Å². The minimum absolute atomic E-state index is 0.200. The van der Waals surface area contributed by atoms with Gasteiger partial charge in [0.25, 0.3) is 0 Å². The van der Waals surface area contributed by atoms with E-state index in [9.17, 15) is 0 Å². The van der Waals surface area contributed by atoms with Gasteiger partial charge < -0.3 is 4.74 Å². The highest BCUT2D eigenvalue weighted by atomic mass is 16.5. The molecule has 0 aliphatic heterocycles. The SMILES string of the molecule is CC(C)Oc1cccc(C(NN)C2(C)CC2)c1. The van der Waals surface area contributed by atoms with Gasteiger partial charge in [0, 0.05) is 0 Å². The van der Waals surface area contributed by atoms with Crippen molar-refractivity contribution in [3.05, 3.63) is 29.8 Å². The molecule has 1 aromatic rings. The lowest BCUT2D eigenvalue weighted by Crippen LogP contribution is -2.33. The molecule has 0 spiro atoms. The molecule has 0 aromatic heterocycles. The standard InChI is InChI=1S/C14H22N2O/c1-10(2)17-12-6-4-5-11(9-12)13(16-15)14(3)7-8-14/h4-6,9-10,13,16H,7-8,15H2,1-3H3. The number of ether oxygens (including phenoxy) is 1. The molecule has 17 heavy (non-hydrogen) atoms. The van der Waals surface area contributed by atoms with E-state index in [1.807, 2.05) is 26.0 Å². The fourth-order valence-corrected chi connectivity index (χ4v) is 2.23. The van der Waals surface area contributed by atoms with Crippen molar-refractivity contribution < 1.29 is 4.74 Å². The third-order valence-electron chi connectivity index (χ3n) is 3.47. The van der Waals surface area contributed by atoms with Crippen molar-refractivity contribution in [3.63, 3.8) is 0 Å². The lowest BCUT2D eigenvalue weighted by molar-refractivity contribution is 0.241. The Bertz CT molecular complexity index is 386. The first-order valence-corrected chi connectivity index (χ1v) is 6.28.